The van der Waals surface area contributed by atoms with Gasteiger partial charge < -0.3 is 15.0 Å². The quantitative estimate of drug-likeness (QED) is 0.290. The summed E-state index contributed by atoms with van der Waals surface area (Å²) in [5.74, 6) is -0.285. The molecule has 1 aliphatic carbocycles. The summed E-state index contributed by atoms with van der Waals surface area (Å²) in [6.07, 6.45) is 0.411. The molecule has 0 amide bonds. The van der Waals surface area contributed by atoms with E-state index in [0.29, 0.717) is 34.5 Å². The fourth-order valence-electron chi connectivity index (χ4n) is 4.61. The Kier molecular flexibility index (Phi) is 6.96. The van der Waals surface area contributed by atoms with Crippen molar-refractivity contribution in [1.82, 2.24) is 29.5 Å². The summed E-state index contributed by atoms with van der Waals surface area (Å²) in [5, 5.41) is 13.0. The van der Waals surface area contributed by atoms with Crippen LogP contribution in [0.25, 0.3) is 22.8 Å². The van der Waals surface area contributed by atoms with Crippen LogP contribution in [-0.2, 0) is 12.7 Å². The standard InChI is InChI=1S/C27H28F3N7O2/c1-14(2)19-11-12-31-23(33-19)25-36-22-20(37(25)13-16-7-9-18(10-8-16)27(28,29)30)21(34-24(35-22)26(38)39)32-15(3)17-5-4-6-17/h7-12,14-15,17H,4-6,13H2,1-3H3,(H,38,39)(H,32,34,35). The Balaban J connectivity index is 1.69. The molecule has 1 aromatic carbocycles. The summed E-state index contributed by atoms with van der Waals surface area (Å²) in [6.45, 7) is 6.12. The maximum absolute atomic E-state index is 13.2. The van der Waals surface area contributed by atoms with Crippen molar-refractivity contribution in [2.75, 3.05) is 5.32 Å². The van der Waals surface area contributed by atoms with Gasteiger partial charge in [-0.05, 0) is 55.4 Å². The lowest BCUT2D eigenvalue weighted by Crippen LogP contribution is -2.31. The predicted molar refractivity (Wildman–Crippen MR) is 138 cm³/mol. The SMILES string of the molecule is CC(C)c1ccnc(-c2nc3nc(C(=O)O)nc(NC(C)C4CCC4)c3n2Cc2ccc(C(F)(F)F)cc2)n1. The Hall–Kier alpha value is -4.09. The van der Waals surface area contributed by atoms with Gasteiger partial charge in [0.05, 0.1) is 5.56 Å². The number of nitrogens with one attached hydrogen (secondary N) is 1. The molecule has 4 aromatic rings. The number of hydrogen-bond donors (Lipinski definition) is 2. The number of aromatic nitrogens is 6. The van der Waals surface area contributed by atoms with Crippen molar-refractivity contribution < 1.29 is 23.1 Å². The Bertz CT molecular complexity index is 1510. The van der Waals surface area contributed by atoms with E-state index in [4.69, 9.17) is 0 Å². The number of hydrogen-bond acceptors (Lipinski definition) is 7. The van der Waals surface area contributed by atoms with E-state index in [2.05, 4.69) is 30.2 Å². The third kappa shape index (κ3) is 5.41. The van der Waals surface area contributed by atoms with Gasteiger partial charge in [-0.15, -0.1) is 0 Å². The monoisotopic (exact) mass is 539 g/mol. The molecule has 1 saturated carbocycles. The van der Waals surface area contributed by atoms with Crippen LogP contribution in [0.15, 0.2) is 36.5 Å². The number of benzene rings is 1. The maximum Gasteiger partial charge on any atom is 0.416 e. The molecule has 2 N–H and O–H groups in total. The predicted octanol–water partition coefficient (Wildman–Crippen LogP) is 5.77. The van der Waals surface area contributed by atoms with E-state index in [9.17, 15) is 23.1 Å². The van der Waals surface area contributed by atoms with Gasteiger partial charge in [0, 0.05) is 24.5 Å². The summed E-state index contributed by atoms with van der Waals surface area (Å²) in [7, 11) is 0. The number of rotatable bonds is 8. The number of imidazole rings is 1. The van der Waals surface area contributed by atoms with Crippen molar-refractivity contribution >= 4 is 23.0 Å². The van der Waals surface area contributed by atoms with E-state index >= 15 is 0 Å². The molecule has 3 aromatic heterocycles. The highest BCUT2D eigenvalue weighted by atomic mass is 19.4. The number of halogens is 3. The van der Waals surface area contributed by atoms with Crippen molar-refractivity contribution in [3.63, 3.8) is 0 Å². The molecular weight excluding hydrogens is 511 g/mol. The van der Waals surface area contributed by atoms with Crippen molar-refractivity contribution in [2.24, 2.45) is 5.92 Å². The smallest absolute Gasteiger partial charge is 0.416 e. The van der Waals surface area contributed by atoms with Crippen LogP contribution in [-0.4, -0.2) is 46.6 Å². The molecular formula is C27H28F3N7O2. The minimum absolute atomic E-state index is 0.0110. The Morgan fingerprint density at radius 1 is 1.08 bits per heavy atom. The molecule has 1 aliphatic rings. The van der Waals surface area contributed by atoms with Gasteiger partial charge in [0.15, 0.2) is 23.1 Å². The van der Waals surface area contributed by atoms with Gasteiger partial charge in [0.25, 0.3) is 0 Å². The van der Waals surface area contributed by atoms with Crippen LogP contribution in [0.5, 0.6) is 0 Å². The van der Waals surface area contributed by atoms with Crippen LogP contribution in [0.4, 0.5) is 19.0 Å². The second kappa shape index (κ2) is 10.2. The molecule has 0 radical (unpaired) electrons. The topological polar surface area (TPSA) is 119 Å². The third-order valence-electron chi connectivity index (χ3n) is 7.11. The molecule has 0 aliphatic heterocycles. The van der Waals surface area contributed by atoms with Crippen LogP contribution in [0.1, 0.15) is 73.4 Å². The van der Waals surface area contributed by atoms with Gasteiger partial charge in [0.2, 0.25) is 5.82 Å². The molecule has 5 rings (SSSR count). The molecule has 204 valence electrons. The van der Waals surface area contributed by atoms with Crippen LogP contribution < -0.4 is 5.32 Å². The fraction of sp³-hybridized carbons (Fsp3) is 0.407. The average molecular weight is 540 g/mol. The van der Waals surface area contributed by atoms with Crippen molar-refractivity contribution in [3.05, 3.63) is 59.2 Å². The molecule has 0 bridgehead atoms. The number of nitrogens with zero attached hydrogens (tertiary/aromatic N) is 6. The third-order valence-corrected chi connectivity index (χ3v) is 7.11. The Morgan fingerprint density at radius 2 is 1.79 bits per heavy atom. The first-order valence-electron chi connectivity index (χ1n) is 12.8. The molecule has 9 nitrogen and oxygen atoms in total. The first-order valence-corrected chi connectivity index (χ1v) is 12.8. The number of carbonyl (C=O) groups is 1. The normalized spacial score (nSPS) is 14.9. The van der Waals surface area contributed by atoms with E-state index in [1.54, 1.807) is 16.8 Å². The first kappa shape index (κ1) is 26.5. The van der Waals surface area contributed by atoms with E-state index < -0.39 is 23.5 Å². The Morgan fingerprint density at radius 3 is 2.38 bits per heavy atom. The molecule has 0 spiro atoms. The molecule has 0 saturated heterocycles. The number of fused-ring (bicyclic) bond motifs is 1. The highest BCUT2D eigenvalue weighted by Gasteiger charge is 2.31. The second-order valence-corrected chi connectivity index (χ2v) is 10.2. The Labute approximate surface area is 222 Å². The lowest BCUT2D eigenvalue weighted by atomic mass is 9.80. The average Bonchev–Trinajstić information content (AvgIpc) is 3.21. The fourth-order valence-corrected chi connectivity index (χ4v) is 4.61. The zero-order valence-electron chi connectivity index (χ0n) is 21.7. The number of carboxylic acid groups (broad SMARTS) is 1. The number of aromatic carboxylic acids is 1. The number of alkyl halides is 3. The summed E-state index contributed by atoms with van der Waals surface area (Å²) < 4.78 is 41.2. The number of carboxylic acids is 1. The molecule has 12 heteroatoms. The van der Waals surface area contributed by atoms with E-state index in [1.165, 1.54) is 12.1 Å². The van der Waals surface area contributed by atoms with Gasteiger partial charge >= 0.3 is 12.1 Å². The van der Waals surface area contributed by atoms with E-state index in [-0.39, 0.29) is 24.2 Å². The first-order chi connectivity index (χ1) is 18.5. The van der Waals surface area contributed by atoms with Crippen LogP contribution in [0.2, 0.25) is 0 Å². The van der Waals surface area contributed by atoms with Gasteiger partial charge in [0.1, 0.15) is 5.52 Å². The highest BCUT2D eigenvalue weighted by molar-refractivity contribution is 5.92. The van der Waals surface area contributed by atoms with Gasteiger partial charge in [-0.25, -0.2) is 29.7 Å². The van der Waals surface area contributed by atoms with Crippen molar-refractivity contribution in [2.45, 2.75) is 64.7 Å². The maximum atomic E-state index is 13.2. The molecule has 39 heavy (non-hydrogen) atoms. The minimum Gasteiger partial charge on any atom is -0.475 e. The largest absolute Gasteiger partial charge is 0.475 e. The number of anilines is 1. The minimum atomic E-state index is -4.45. The van der Waals surface area contributed by atoms with Gasteiger partial charge in [-0.3, -0.25) is 0 Å². The van der Waals surface area contributed by atoms with E-state index in [0.717, 1.165) is 37.1 Å². The van der Waals surface area contributed by atoms with Crippen LogP contribution in [0.3, 0.4) is 0 Å². The molecule has 3 heterocycles. The zero-order valence-corrected chi connectivity index (χ0v) is 21.7. The molecule has 1 fully saturated rings. The highest BCUT2D eigenvalue weighted by Crippen LogP contribution is 2.34. The van der Waals surface area contributed by atoms with Gasteiger partial charge in [-0.1, -0.05) is 32.4 Å². The van der Waals surface area contributed by atoms with Crippen LogP contribution >= 0.6 is 0 Å². The van der Waals surface area contributed by atoms with Crippen molar-refractivity contribution in [3.8, 4) is 11.6 Å². The van der Waals surface area contributed by atoms with E-state index in [1.807, 2.05) is 20.8 Å². The zero-order chi connectivity index (χ0) is 27.9. The van der Waals surface area contributed by atoms with Crippen LogP contribution in [0, 0.1) is 5.92 Å². The summed E-state index contributed by atoms with van der Waals surface area (Å²) >= 11 is 0. The molecule has 1 atom stereocenters. The molecule has 1 unspecified atom stereocenters. The summed E-state index contributed by atoms with van der Waals surface area (Å²) in [6, 6.07) is 6.67. The summed E-state index contributed by atoms with van der Waals surface area (Å²) in [5.41, 5.74) is 1.16. The van der Waals surface area contributed by atoms with Gasteiger partial charge in [-0.2, -0.15) is 13.2 Å². The van der Waals surface area contributed by atoms with Crippen molar-refractivity contribution in [1.29, 1.82) is 0 Å². The lowest BCUT2D eigenvalue weighted by molar-refractivity contribution is -0.137. The summed E-state index contributed by atoms with van der Waals surface area (Å²) in [4.78, 5) is 34.1. The lowest BCUT2D eigenvalue weighted by Gasteiger charge is -2.32. The second-order valence-electron chi connectivity index (χ2n) is 10.2.